The Morgan fingerprint density at radius 3 is 2.00 bits per heavy atom. The molecule has 0 N–H and O–H groups in total. The Balaban J connectivity index is 1.89. The van der Waals surface area contributed by atoms with Gasteiger partial charge in [0.1, 0.15) is 17.0 Å². The van der Waals surface area contributed by atoms with Gasteiger partial charge in [0.05, 0.1) is 11.7 Å². The van der Waals surface area contributed by atoms with Gasteiger partial charge in [-0.3, -0.25) is 4.57 Å². The van der Waals surface area contributed by atoms with Crippen LogP contribution in [0.2, 0.25) is 0 Å². The number of pyridine rings is 1. The molecule has 1 fully saturated rings. The molecule has 2 aromatic rings. The number of piperazine rings is 1. The standard InChI is InChI=1S/C25H38N4O4/c1-16(2)18-15-29(23(31)33-25(7,8)9)19-14-26-21(17(3)20(18)19)27-10-12-28(13-11-27)22(30)32-24(4,5)6/h14-16H,10-13H2,1-9H3. The predicted molar refractivity (Wildman–Crippen MR) is 130 cm³/mol. The van der Waals surface area contributed by atoms with E-state index < -0.39 is 17.3 Å². The van der Waals surface area contributed by atoms with Crippen molar-refractivity contribution in [1.82, 2.24) is 14.5 Å². The molecule has 1 aliphatic heterocycles. The zero-order chi connectivity index (χ0) is 24.7. The average molecular weight is 459 g/mol. The molecule has 0 unspecified atom stereocenters. The van der Waals surface area contributed by atoms with Crippen LogP contribution in [0.25, 0.3) is 10.9 Å². The molecule has 3 heterocycles. The van der Waals surface area contributed by atoms with E-state index in [-0.39, 0.29) is 12.0 Å². The van der Waals surface area contributed by atoms with Gasteiger partial charge in [-0.1, -0.05) is 13.8 Å². The molecule has 0 aliphatic carbocycles. The number of aromatic nitrogens is 2. The van der Waals surface area contributed by atoms with Crippen molar-refractivity contribution in [3.63, 3.8) is 0 Å². The van der Waals surface area contributed by atoms with E-state index in [2.05, 4.69) is 25.7 Å². The Hall–Kier alpha value is -2.77. The molecule has 1 amide bonds. The third-order valence-electron chi connectivity index (χ3n) is 5.54. The number of anilines is 1. The van der Waals surface area contributed by atoms with Crippen molar-refractivity contribution in [2.75, 3.05) is 31.1 Å². The summed E-state index contributed by atoms with van der Waals surface area (Å²) >= 11 is 0. The minimum atomic E-state index is -0.581. The number of fused-ring (bicyclic) bond motifs is 1. The second-order valence-corrected chi connectivity index (χ2v) is 11.0. The molecule has 0 saturated carbocycles. The molecule has 182 valence electrons. The van der Waals surface area contributed by atoms with Gasteiger partial charge in [-0.25, -0.2) is 14.6 Å². The lowest BCUT2D eigenvalue weighted by Gasteiger charge is -2.36. The summed E-state index contributed by atoms with van der Waals surface area (Å²) in [4.78, 5) is 33.9. The number of hydrogen-bond acceptors (Lipinski definition) is 6. The molecule has 8 heteroatoms. The Labute approximate surface area is 196 Å². The van der Waals surface area contributed by atoms with E-state index in [1.807, 2.05) is 47.7 Å². The number of hydrogen-bond donors (Lipinski definition) is 0. The van der Waals surface area contributed by atoms with E-state index >= 15 is 0 Å². The number of carbonyl (C=O) groups excluding carboxylic acids is 2. The van der Waals surface area contributed by atoms with E-state index in [1.54, 1.807) is 15.7 Å². The van der Waals surface area contributed by atoms with Crippen LogP contribution in [0, 0.1) is 6.92 Å². The fourth-order valence-corrected chi connectivity index (χ4v) is 4.05. The molecule has 2 aromatic heterocycles. The highest BCUT2D eigenvalue weighted by Gasteiger charge is 2.29. The van der Waals surface area contributed by atoms with Crippen LogP contribution in [0.4, 0.5) is 15.4 Å². The van der Waals surface area contributed by atoms with Crippen molar-refractivity contribution in [2.45, 2.75) is 79.4 Å². The lowest BCUT2D eigenvalue weighted by molar-refractivity contribution is 0.0240. The molecule has 8 nitrogen and oxygen atoms in total. The number of ether oxygens (including phenoxy) is 2. The highest BCUT2D eigenvalue weighted by atomic mass is 16.6. The van der Waals surface area contributed by atoms with Crippen LogP contribution >= 0.6 is 0 Å². The molecular formula is C25H38N4O4. The van der Waals surface area contributed by atoms with Crippen molar-refractivity contribution in [3.8, 4) is 0 Å². The van der Waals surface area contributed by atoms with Gasteiger partial charge in [0.2, 0.25) is 0 Å². The fourth-order valence-electron chi connectivity index (χ4n) is 4.05. The molecule has 0 bridgehead atoms. The highest BCUT2D eigenvalue weighted by Crippen LogP contribution is 2.34. The van der Waals surface area contributed by atoms with E-state index in [1.165, 1.54) is 0 Å². The zero-order valence-electron chi connectivity index (χ0n) is 21.5. The minimum absolute atomic E-state index is 0.231. The average Bonchev–Trinajstić information content (AvgIpc) is 3.07. The van der Waals surface area contributed by atoms with E-state index in [0.717, 1.165) is 27.8 Å². The van der Waals surface area contributed by atoms with Crippen LogP contribution in [-0.4, -0.2) is 64.0 Å². The normalized spacial score (nSPS) is 15.3. The van der Waals surface area contributed by atoms with Gasteiger partial charge in [0, 0.05) is 43.3 Å². The van der Waals surface area contributed by atoms with Crippen molar-refractivity contribution < 1.29 is 19.1 Å². The molecule has 33 heavy (non-hydrogen) atoms. The maximum Gasteiger partial charge on any atom is 0.419 e. The fraction of sp³-hybridized carbons (Fsp3) is 0.640. The summed E-state index contributed by atoms with van der Waals surface area (Å²) in [6.45, 7) is 20.0. The first-order valence-electron chi connectivity index (χ1n) is 11.6. The van der Waals surface area contributed by atoms with Crippen LogP contribution in [0.5, 0.6) is 0 Å². The highest BCUT2D eigenvalue weighted by molar-refractivity contribution is 5.96. The van der Waals surface area contributed by atoms with Crippen molar-refractivity contribution in [1.29, 1.82) is 0 Å². The quantitative estimate of drug-likeness (QED) is 0.607. The molecule has 3 rings (SSSR count). The van der Waals surface area contributed by atoms with Gasteiger partial charge >= 0.3 is 12.2 Å². The first kappa shape index (κ1) is 24.9. The summed E-state index contributed by atoms with van der Waals surface area (Å²) in [5.74, 6) is 1.12. The third kappa shape index (κ3) is 5.60. The van der Waals surface area contributed by atoms with Gasteiger partial charge < -0.3 is 19.3 Å². The topological polar surface area (TPSA) is 76.9 Å². The maximum atomic E-state index is 12.9. The van der Waals surface area contributed by atoms with Crippen molar-refractivity contribution in [2.24, 2.45) is 0 Å². The molecular weight excluding hydrogens is 420 g/mol. The molecule has 0 aromatic carbocycles. The molecule has 1 aliphatic rings. The second kappa shape index (κ2) is 8.88. The van der Waals surface area contributed by atoms with E-state index in [9.17, 15) is 9.59 Å². The van der Waals surface area contributed by atoms with Crippen LogP contribution in [-0.2, 0) is 9.47 Å². The SMILES string of the molecule is Cc1c(N2CCN(C(=O)OC(C)(C)C)CC2)ncc2c1c(C(C)C)cn2C(=O)OC(C)(C)C. The lowest BCUT2D eigenvalue weighted by atomic mass is 10.00. The molecule has 1 saturated heterocycles. The Bertz CT molecular complexity index is 1040. The first-order valence-corrected chi connectivity index (χ1v) is 11.6. The maximum absolute atomic E-state index is 12.9. The molecule has 0 atom stereocenters. The van der Waals surface area contributed by atoms with Gasteiger partial charge in [0.15, 0.2) is 0 Å². The molecule has 0 spiro atoms. The molecule has 0 radical (unpaired) electrons. The summed E-state index contributed by atoms with van der Waals surface area (Å²) in [6, 6.07) is 0. The van der Waals surface area contributed by atoms with Gasteiger partial charge in [-0.05, 0) is 59.9 Å². The van der Waals surface area contributed by atoms with Crippen molar-refractivity contribution >= 4 is 28.9 Å². The number of nitrogens with zero attached hydrogens (tertiary/aromatic N) is 4. The van der Waals surface area contributed by atoms with Gasteiger partial charge in [0.25, 0.3) is 0 Å². The summed E-state index contributed by atoms with van der Waals surface area (Å²) < 4.78 is 12.7. The number of amides is 1. The van der Waals surface area contributed by atoms with Gasteiger partial charge in [-0.2, -0.15) is 0 Å². The van der Waals surface area contributed by atoms with Crippen LogP contribution < -0.4 is 4.90 Å². The van der Waals surface area contributed by atoms with Crippen LogP contribution in [0.15, 0.2) is 12.4 Å². The zero-order valence-corrected chi connectivity index (χ0v) is 21.5. The monoisotopic (exact) mass is 458 g/mol. The lowest BCUT2D eigenvalue weighted by Crippen LogP contribution is -2.50. The Kier molecular flexibility index (Phi) is 6.69. The predicted octanol–water partition coefficient (Wildman–Crippen LogP) is 5.31. The third-order valence-corrected chi connectivity index (χ3v) is 5.54. The van der Waals surface area contributed by atoms with E-state index in [0.29, 0.717) is 26.2 Å². The van der Waals surface area contributed by atoms with Crippen LogP contribution in [0.1, 0.15) is 72.4 Å². The summed E-state index contributed by atoms with van der Waals surface area (Å²) in [5, 5.41) is 1.04. The van der Waals surface area contributed by atoms with Gasteiger partial charge in [-0.15, -0.1) is 0 Å². The van der Waals surface area contributed by atoms with Crippen LogP contribution in [0.3, 0.4) is 0 Å². The number of rotatable bonds is 2. The number of carbonyl (C=O) groups is 2. The summed E-state index contributed by atoms with van der Waals surface area (Å²) in [6.07, 6.45) is 2.95. The second-order valence-electron chi connectivity index (χ2n) is 11.0. The Morgan fingerprint density at radius 1 is 0.939 bits per heavy atom. The van der Waals surface area contributed by atoms with Crippen molar-refractivity contribution in [3.05, 3.63) is 23.5 Å². The Morgan fingerprint density at radius 2 is 1.48 bits per heavy atom. The summed E-state index contributed by atoms with van der Waals surface area (Å²) in [5.41, 5.74) is 1.78. The minimum Gasteiger partial charge on any atom is -0.444 e. The number of aryl methyl sites for hydroxylation is 1. The smallest absolute Gasteiger partial charge is 0.419 e. The summed E-state index contributed by atoms with van der Waals surface area (Å²) in [7, 11) is 0. The largest absolute Gasteiger partial charge is 0.444 e. The van der Waals surface area contributed by atoms with E-state index in [4.69, 9.17) is 14.5 Å². The first-order chi connectivity index (χ1) is 15.2.